The van der Waals surface area contributed by atoms with E-state index in [-0.39, 0.29) is 5.41 Å². The van der Waals surface area contributed by atoms with Crippen molar-refractivity contribution in [3.05, 3.63) is 35.5 Å². The van der Waals surface area contributed by atoms with E-state index in [2.05, 4.69) is 50.1 Å². The fraction of sp³-hybridized carbons (Fsp3) is 0.538. The maximum absolute atomic E-state index is 2.38. The molecule has 0 unspecified atom stereocenters. The fourth-order valence-electron chi connectivity index (χ4n) is 1.98. The average Bonchev–Trinajstić information content (AvgIpc) is 2.26. The van der Waals surface area contributed by atoms with Crippen molar-refractivity contribution in [2.24, 2.45) is 5.41 Å². The monoisotopic (exact) mass is 189 g/mol. The molecule has 1 heterocycles. The second-order valence-corrected chi connectivity index (χ2v) is 5.03. The summed E-state index contributed by atoms with van der Waals surface area (Å²) < 4.78 is 0. The van der Waals surface area contributed by atoms with Crippen molar-refractivity contribution in [3.8, 4) is 0 Å². The van der Waals surface area contributed by atoms with Gasteiger partial charge in [-0.3, -0.25) is 0 Å². The minimum absolute atomic E-state index is 0.218. The Morgan fingerprint density at radius 1 is 1.14 bits per heavy atom. The summed E-state index contributed by atoms with van der Waals surface area (Å²) in [7, 11) is 2.19. The Hall–Kier alpha value is -0.820. The molecule has 1 heteroatoms. The first-order valence-corrected chi connectivity index (χ1v) is 5.36. The molecule has 76 valence electrons. The second kappa shape index (κ2) is 3.39. The first-order valence-electron chi connectivity index (χ1n) is 5.36. The molecule has 14 heavy (non-hydrogen) atoms. The van der Waals surface area contributed by atoms with Crippen molar-refractivity contribution >= 4 is 0 Å². The molecular weight excluding hydrogens is 170 g/mol. The van der Waals surface area contributed by atoms with Gasteiger partial charge in [-0.05, 0) is 24.6 Å². The van der Waals surface area contributed by atoms with Crippen LogP contribution in [-0.2, 0) is 0 Å². The predicted octanol–water partition coefficient (Wildman–Crippen LogP) is 2.77. The zero-order valence-electron chi connectivity index (χ0n) is 9.38. The van der Waals surface area contributed by atoms with Crippen molar-refractivity contribution in [2.75, 3.05) is 20.1 Å². The molecule has 0 radical (unpaired) electrons. The Kier molecular flexibility index (Phi) is 2.36. The van der Waals surface area contributed by atoms with Gasteiger partial charge in [-0.2, -0.15) is 0 Å². The first kappa shape index (κ1) is 9.72. The number of rotatable bonds is 0. The molecule has 0 N–H and O–H groups in total. The first-order chi connectivity index (χ1) is 6.57. The van der Waals surface area contributed by atoms with Gasteiger partial charge in [-0.15, -0.1) is 0 Å². The average molecular weight is 189 g/mol. The lowest BCUT2D eigenvalue weighted by molar-refractivity contribution is 0.354. The molecule has 2 aliphatic rings. The predicted molar refractivity (Wildman–Crippen MR) is 61.2 cm³/mol. The highest BCUT2D eigenvalue weighted by molar-refractivity contribution is 5.40. The molecule has 0 saturated carbocycles. The third-order valence-electron chi connectivity index (χ3n) is 3.04. The van der Waals surface area contributed by atoms with Gasteiger partial charge in [0.05, 0.1) is 0 Å². The van der Waals surface area contributed by atoms with E-state index in [1.807, 2.05) is 0 Å². The van der Waals surface area contributed by atoms with E-state index in [1.54, 1.807) is 0 Å². The van der Waals surface area contributed by atoms with Gasteiger partial charge in [-0.1, -0.05) is 38.2 Å². The van der Waals surface area contributed by atoms with Crippen LogP contribution >= 0.6 is 0 Å². The summed E-state index contributed by atoms with van der Waals surface area (Å²) in [5.41, 5.74) is 3.25. The largest absolute Gasteiger partial charge is 0.302 e. The van der Waals surface area contributed by atoms with Crippen LogP contribution in [0.4, 0.5) is 0 Å². The highest BCUT2D eigenvalue weighted by Crippen LogP contribution is 2.28. The van der Waals surface area contributed by atoms with E-state index in [9.17, 15) is 0 Å². The van der Waals surface area contributed by atoms with Crippen molar-refractivity contribution in [1.29, 1.82) is 0 Å². The van der Waals surface area contributed by atoms with Crippen molar-refractivity contribution in [2.45, 2.75) is 20.3 Å². The van der Waals surface area contributed by atoms with Crippen LogP contribution < -0.4 is 0 Å². The maximum atomic E-state index is 2.38. The lowest BCUT2D eigenvalue weighted by Gasteiger charge is -2.24. The summed E-state index contributed by atoms with van der Waals surface area (Å²) in [5, 5.41) is 0. The van der Waals surface area contributed by atoms with E-state index in [0.717, 1.165) is 6.54 Å². The Morgan fingerprint density at radius 2 is 1.79 bits per heavy atom. The molecule has 1 aliphatic carbocycles. The summed E-state index contributed by atoms with van der Waals surface area (Å²) in [4.78, 5) is 2.38. The molecule has 0 atom stereocenters. The minimum Gasteiger partial charge on any atom is -0.302 e. The van der Waals surface area contributed by atoms with Crippen molar-refractivity contribution in [3.63, 3.8) is 0 Å². The summed E-state index contributed by atoms with van der Waals surface area (Å²) in [5.74, 6) is 0. The number of hydrogen-bond acceptors (Lipinski definition) is 1. The summed E-state index contributed by atoms with van der Waals surface area (Å²) in [6.07, 6.45) is 10.5. The molecule has 0 saturated heterocycles. The van der Waals surface area contributed by atoms with Gasteiger partial charge in [0, 0.05) is 18.5 Å². The van der Waals surface area contributed by atoms with E-state index < -0.39 is 0 Å². The number of hydrogen-bond donors (Lipinski definition) is 0. The molecular formula is C13H19N. The highest BCUT2D eigenvalue weighted by atomic mass is 15.1. The molecule has 0 amide bonds. The molecule has 2 rings (SSSR count). The zero-order valence-corrected chi connectivity index (χ0v) is 9.38. The second-order valence-electron chi connectivity index (χ2n) is 5.03. The van der Waals surface area contributed by atoms with Crippen LogP contribution in [0.25, 0.3) is 0 Å². The normalized spacial score (nSPS) is 26.2. The quantitative estimate of drug-likeness (QED) is 0.566. The van der Waals surface area contributed by atoms with Crippen LogP contribution in [0, 0.1) is 5.41 Å². The van der Waals surface area contributed by atoms with Gasteiger partial charge in [0.2, 0.25) is 0 Å². The summed E-state index contributed by atoms with van der Waals surface area (Å²) in [6.45, 7) is 6.80. The smallest absolute Gasteiger partial charge is 0.0233 e. The van der Waals surface area contributed by atoms with Gasteiger partial charge in [0.25, 0.3) is 0 Å². The fourth-order valence-corrected chi connectivity index (χ4v) is 1.98. The zero-order chi connectivity index (χ0) is 10.2. The van der Waals surface area contributed by atoms with Gasteiger partial charge in [-0.25, -0.2) is 0 Å². The Labute approximate surface area is 86.8 Å². The molecule has 1 aliphatic heterocycles. The Morgan fingerprint density at radius 3 is 2.50 bits per heavy atom. The van der Waals surface area contributed by atoms with Crippen LogP contribution in [0.5, 0.6) is 0 Å². The number of nitrogens with zero attached hydrogens (tertiary/aromatic N) is 1. The van der Waals surface area contributed by atoms with E-state index in [1.165, 1.54) is 24.1 Å². The Balaban J connectivity index is 2.30. The molecule has 0 bridgehead atoms. The highest BCUT2D eigenvalue weighted by Gasteiger charge is 2.17. The van der Waals surface area contributed by atoms with Crippen LogP contribution in [0.2, 0.25) is 0 Å². The van der Waals surface area contributed by atoms with E-state index >= 15 is 0 Å². The minimum atomic E-state index is 0.218. The van der Waals surface area contributed by atoms with Gasteiger partial charge < -0.3 is 4.90 Å². The third-order valence-corrected chi connectivity index (χ3v) is 3.04. The molecule has 0 fully saturated rings. The van der Waals surface area contributed by atoms with Gasteiger partial charge in [0.1, 0.15) is 0 Å². The summed E-state index contributed by atoms with van der Waals surface area (Å²) in [6, 6.07) is 0. The number of likely N-dealkylation sites (N-methyl/N-ethyl adjacent to an activating group) is 1. The van der Waals surface area contributed by atoms with Gasteiger partial charge >= 0.3 is 0 Å². The number of allylic oxidation sites excluding steroid dienone is 3. The molecule has 1 nitrogen and oxygen atoms in total. The van der Waals surface area contributed by atoms with Crippen LogP contribution in [0.1, 0.15) is 20.3 Å². The van der Waals surface area contributed by atoms with Crippen molar-refractivity contribution in [1.82, 2.24) is 4.90 Å². The topological polar surface area (TPSA) is 3.24 Å². The maximum Gasteiger partial charge on any atom is 0.0233 e. The molecule has 0 spiro atoms. The summed E-state index contributed by atoms with van der Waals surface area (Å²) >= 11 is 0. The SMILES string of the molecule is CN1CCC2=C(C=CC(C)(C)C=C2)C1. The molecule has 0 aromatic heterocycles. The van der Waals surface area contributed by atoms with Crippen LogP contribution in [0.3, 0.4) is 0 Å². The van der Waals surface area contributed by atoms with Crippen LogP contribution in [-0.4, -0.2) is 25.0 Å². The van der Waals surface area contributed by atoms with Crippen molar-refractivity contribution < 1.29 is 0 Å². The molecule has 0 aromatic carbocycles. The lowest BCUT2D eigenvalue weighted by Crippen LogP contribution is -2.26. The standard InChI is InChI=1S/C13H19N/c1-13(2)7-4-11-6-9-14(3)10-12(11)5-8-13/h4-5,7-8H,6,9-10H2,1-3H3. The van der Waals surface area contributed by atoms with Crippen LogP contribution in [0.15, 0.2) is 35.5 Å². The Bertz CT molecular complexity index is 318. The van der Waals surface area contributed by atoms with E-state index in [0.29, 0.717) is 0 Å². The third kappa shape index (κ3) is 1.98. The lowest BCUT2D eigenvalue weighted by atomic mass is 9.93. The van der Waals surface area contributed by atoms with Gasteiger partial charge in [0.15, 0.2) is 0 Å². The molecule has 0 aromatic rings. The van der Waals surface area contributed by atoms with E-state index in [4.69, 9.17) is 0 Å².